The molecule has 0 bridgehead atoms. The Morgan fingerprint density at radius 3 is 2.36 bits per heavy atom. The Bertz CT molecular complexity index is 1190. The summed E-state index contributed by atoms with van der Waals surface area (Å²) in [6.45, 7) is 1.59. The number of hydrogen-bond donors (Lipinski definition) is 0. The van der Waals surface area contributed by atoms with Crippen molar-refractivity contribution in [2.75, 3.05) is 26.2 Å². The first-order chi connectivity index (χ1) is 16.0. The van der Waals surface area contributed by atoms with Gasteiger partial charge in [0.05, 0.1) is 24.4 Å². The summed E-state index contributed by atoms with van der Waals surface area (Å²) in [7, 11) is 0. The zero-order valence-electron chi connectivity index (χ0n) is 17.7. The van der Waals surface area contributed by atoms with Crippen molar-refractivity contribution >= 4 is 11.8 Å². The highest BCUT2D eigenvalue weighted by Gasteiger charge is 2.32. The molecule has 0 spiro atoms. The highest BCUT2D eigenvalue weighted by Crippen LogP contribution is 2.27. The van der Waals surface area contributed by atoms with Crippen LogP contribution >= 0.6 is 0 Å². The first-order valence-electron chi connectivity index (χ1n) is 10.6. The normalized spacial score (nSPS) is 18.2. The maximum atomic E-state index is 14.0. The second-order valence-corrected chi connectivity index (χ2v) is 7.99. The van der Waals surface area contributed by atoms with Crippen molar-refractivity contribution in [3.63, 3.8) is 0 Å². The minimum absolute atomic E-state index is 0.166. The van der Waals surface area contributed by atoms with Gasteiger partial charge in [-0.1, -0.05) is 35.5 Å². The van der Waals surface area contributed by atoms with E-state index in [1.165, 1.54) is 4.90 Å². The highest BCUT2D eigenvalue weighted by atomic mass is 19.1. The topological polar surface area (TPSA) is 80.6 Å². The Balaban J connectivity index is 1.24. The molecule has 33 heavy (non-hydrogen) atoms. The molecule has 1 atom stereocenters. The van der Waals surface area contributed by atoms with Crippen LogP contribution in [-0.4, -0.2) is 62.8 Å². The monoisotopic (exact) mass is 453 g/mol. The Labute approximate surface area is 188 Å². The number of aromatic nitrogens is 3. The molecule has 170 valence electrons. The summed E-state index contributed by atoms with van der Waals surface area (Å²) >= 11 is 0. The minimum Gasteiger partial charge on any atom is -0.365 e. The van der Waals surface area contributed by atoms with Gasteiger partial charge in [-0.3, -0.25) is 9.59 Å². The molecular weight excluding hydrogens is 432 g/mol. The van der Waals surface area contributed by atoms with Crippen LogP contribution in [0.15, 0.2) is 48.5 Å². The highest BCUT2D eigenvalue weighted by molar-refractivity contribution is 5.95. The SMILES string of the molecule is O=C(c1cc(F)ccc1F)N1CCN(C(=O)c2nnn3c2COC(c2ccccc2)C3)CC1. The maximum absolute atomic E-state index is 14.0. The second kappa shape index (κ2) is 8.70. The van der Waals surface area contributed by atoms with Crippen LogP contribution in [0.2, 0.25) is 0 Å². The first-order valence-corrected chi connectivity index (χ1v) is 10.6. The molecule has 0 radical (unpaired) electrons. The van der Waals surface area contributed by atoms with Crippen LogP contribution in [0.3, 0.4) is 0 Å². The number of hydrogen-bond acceptors (Lipinski definition) is 5. The third kappa shape index (κ3) is 4.09. The molecule has 1 unspecified atom stereocenters. The fraction of sp³-hybridized carbons (Fsp3) is 0.304. The van der Waals surface area contributed by atoms with Gasteiger partial charge in [0.15, 0.2) is 5.69 Å². The summed E-state index contributed by atoms with van der Waals surface area (Å²) in [5.41, 5.74) is 1.57. The second-order valence-electron chi connectivity index (χ2n) is 7.99. The molecule has 3 aromatic rings. The van der Waals surface area contributed by atoms with Crippen molar-refractivity contribution in [1.29, 1.82) is 0 Å². The van der Waals surface area contributed by atoms with E-state index in [1.54, 1.807) is 9.58 Å². The zero-order valence-corrected chi connectivity index (χ0v) is 17.7. The third-order valence-electron chi connectivity index (χ3n) is 5.98. The summed E-state index contributed by atoms with van der Waals surface area (Å²) in [6.07, 6.45) is -0.166. The van der Waals surface area contributed by atoms with Crippen LogP contribution in [0.4, 0.5) is 8.78 Å². The Kier molecular flexibility index (Phi) is 5.59. The zero-order chi connectivity index (χ0) is 22.9. The quantitative estimate of drug-likeness (QED) is 0.609. The summed E-state index contributed by atoms with van der Waals surface area (Å²) in [5, 5.41) is 8.24. The van der Waals surface area contributed by atoms with Crippen molar-refractivity contribution < 1.29 is 23.1 Å². The molecule has 3 heterocycles. The number of carbonyl (C=O) groups is 2. The van der Waals surface area contributed by atoms with E-state index < -0.39 is 17.5 Å². The fourth-order valence-electron chi connectivity index (χ4n) is 4.14. The molecule has 0 saturated carbocycles. The molecular formula is C23H21F2N5O3. The number of rotatable bonds is 3. The molecule has 0 aliphatic carbocycles. The van der Waals surface area contributed by atoms with Crippen LogP contribution in [0.25, 0.3) is 0 Å². The van der Waals surface area contributed by atoms with E-state index in [9.17, 15) is 18.4 Å². The van der Waals surface area contributed by atoms with E-state index in [1.807, 2.05) is 30.3 Å². The van der Waals surface area contributed by atoms with E-state index in [-0.39, 0.29) is 56.1 Å². The lowest BCUT2D eigenvalue weighted by Gasteiger charge is -2.34. The molecule has 0 N–H and O–H groups in total. The van der Waals surface area contributed by atoms with Gasteiger partial charge in [-0.2, -0.15) is 0 Å². The summed E-state index contributed by atoms with van der Waals surface area (Å²) < 4.78 is 35.0. The van der Waals surface area contributed by atoms with E-state index >= 15 is 0 Å². The van der Waals surface area contributed by atoms with Crippen molar-refractivity contribution in [3.8, 4) is 0 Å². The van der Waals surface area contributed by atoms with Crippen LogP contribution < -0.4 is 0 Å². The third-order valence-corrected chi connectivity index (χ3v) is 5.98. The number of carbonyl (C=O) groups excluding carboxylic acids is 2. The summed E-state index contributed by atoms with van der Waals surface area (Å²) in [4.78, 5) is 28.7. The Morgan fingerprint density at radius 1 is 0.939 bits per heavy atom. The van der Waals surface area contributed by atoms with Gasteiger partial charge in [0.1, 0.15) is 17.7 Å². The number of fused-ring (bicyclic) bond motifs is 1. The number of benzene rings is 2. The Morgan fingerprint density at radius 2 is 1.64 bits per heavy atom. The Hall–Kier alpha value is -3.66. The number of nitrogens with zero attached hydrogens (tertiary/aromatic N) is 5. The van der Waals surface area contributed by atoms with Gasteiger partial charge in [0, 0.05) is 26.2 Å². The van der Waals surface area contributed by atoms with Crippen LogP contribution in [-0.2, 0) is 17.9 Å². The van der Waals surface area contributed by atoms with Gasteiger partial charge in [-0.05, 0) is 23.8 Å². The lowest BCUT2D eigenvalue weighted by atomic mass is 10.1. The lowest BCUT2D eigenvalue weighted by molar-refractivity contribution is -0.00202. The lowest BCUT2D eigenvalue weighted by Crippen LogP contribution is -2.51. The molecule has 2 aliphatic rings. The molecule has 5 rings (SSSR count). The van der Waals surface area contributed by atoms with E-state index in [2.05, 4.69) is 10.3 Å². The van der Waals surface area contributed by atoms with Crippen molar-refractivity contribution in [3.05, 3.63) is 82.7 Å². The molecule has 2 aliphatic heterocycles. The van der Waals surface area contributed by atoms with Gasteiger partial charge in [0.25, 0.3) is 11.8 Å². The molecule has 1 saturated heterocycles. The van der Waals surface area contributed by atoms with Gasteiger partial charge in [-0.15, -0.1) is 5.10 Å². The molecule has 8 nitrogen and oxygen atoms in total. The average molecular weight is 453 g/mol. The minimum atomic E-state index is -0.774. The smallest absolute Gasteiger partial charge is 0.276 e. The maximum Gasteiger partial charge on any atom is 0.276 e. The standard InChI is InChI=1S/C23H21F2N5O3/c24-16-6-7-18(25)17(12-16)22(31)28-8-10-29(11-9-28)23(32)21-19-14-33-20(13-30(19)27-26-21)15-4-2-1-3-5-15/h1-7,12,20H,8-11,13-14H2. The predicted molar refractivity (Wildman–Crippen MR) is 112 cm³/mol. The number of ether oxygens (including phenoxy) is 1. The van der Waals surface area contributed by atoms with Gasteiger partial charge < -0.3 is 14.5 Å². The summed E-state index contributed by atoms with van der Waals surface area (Å²) in [5.74, 6) is -2.34. The van der Waals surface area contributed by atoms with E-state index in [0.717, 1.165) is 23.8 Å². The number of piperazine rings is 1. The largest absolute Gasteiger partial charge is 0.365 e. The van der Waals surface area contributed by atoms with Crippen molar-refractivity contribution in [1.82, 2.24) is 24.8 Å². The molecule has 2 amide bonds. The first kappa shape index (κ1) is 21.2. The molecule has 10 heteroatoms. The molecule has 1 fully saturated rings. The van der Waals surface area contributed by atoms with Crippen LogP contribution in [0.5, 0.6) is 0 Å². The van der Waals surface area contributed by atoms with Crippen molar-refractivity contribution in [2.45, 2.75) is 19.3 Å². The van der Waals surface area contributed by atoms with E-state index in [0.29, 0.717) is 12.2 Å². The summed E-state index contributed by atoms with van der Waals surface area (Å²) in [6, 6.07) is 12.6. The van der Waals surface area contributed by atoms with Crippen molar-refractivity contribution in [2.24, 2.45) is 0 Å². The van der Waals surface area contributed by atoms with Gasteiger partial charge in [-0.25, -0.2) is 13.5 Å². The van der Waals surface area contributed by atoms with Crippen LogP contribution in [0.1, 0.15) is 38.2 Å². The molecule has 1 aromatic heterocycles. The average Bonchev–Trinajstić information content (AvgIpc) is 3.28. The predicted octanol–water partition coefficient (Wildman–Crippen LogP) is 2.43. The van der Waals surface area contributed by atoms with Gasteiger partial charge in [0.2, 0.25) is 0 Å². The fourth-order valence-corrected chi connectivity index (χ4v) is 4.14. The number of halogens is 2. The van der Waals surface area contributed by atoms with Crippen LogP contribution in [0, 0.1) is 11.6 Å². The van der Waals surface area contributed by atoms with E-state index in [4.69, 9.17) is 4.74 Å². The molecule has 2 aromatic carbocycles. The number of amides is 2. The van der Waals surface area contributed by atoms with Gasteiger partial charge >= 0.3 is 0 Å².